The Hall–Kier alpha value is -2.42. The first-order chi connectivity index (χ1) is 8.24. The second-order valence-electron chi connectivity index (χ2n) is 4.06. The topological polar surface area (TPSA) is 62.0 Å². The van der Waals surface area contributed by atoms with Crippen LogP contribution < -0.4 is 5.73 Å². The van der Waals surface area contributed by atoms with E-state index >= 15 is 0 Å². The molecule has 0 amide bonds. The SMILES string of the molecule is Nc1ccc(O)c(-c2ccc3[nH]ccc3c2)c1. The van der Waals surface area contributed by atoms with Crippen molar-refractivity contribution in [2.24, 2.45) is 0 Å². The van der Waals surface area contributed by atoms with Crippen LogP contribution in [0.1, 0.15) is 0 Å². The third-order valence-electron chi connectivity index (χ3n) is 2.88. The highest BCUT2D eigenvalue weighted by Crippen LogP contribution is 2.32. The van der Waals surface area contributed by atoms with E-state index in [9.17, 15) is 5.11 Å². The van der Waals surface area contributed by atoms with Crippen molar-refractivity contribution in [3.63, 3.8) is 0 Å². The van der Waals surface area contributed by atoms with Crippen LogP contribution in [-0.2, 0) is 0 Å². The zero-order valence-corrected chi connectivity index (χ0v) is 9.14. The number of rotatable bonds is 1. The maximum atomic E-state index is 9.85. The van der Waals surface area contributed by atoms with E-state index in [2.05, 4.69) is 4.98 Å². The molecular formula is C14H12N2O. The Kier molecular flexibility index (Phi) is 2.05. The zero-order valence-electron chi connectivity index (χ0n) is 9.14. The second-order valence-corrected chi connectivity index (χ2v) is 4.06. The molecule has 0 fully saturated rings. The summed E-state index contributed by atoms with van der Waals surface area (Å²) < 4.78 is 0. The largest absolute Gasteiger partial charge is 0.507 e. The first kappa shape index (κ1) is 9.78. The average Bonchev–Trinajstić information content (AvgIpc) is 2.79. The first-order valence-electron chi connectivity index (χ1n) is 5.40. The van der Waals surface area contributed by atoms with Crippen molar-refractivity contribution in [3.05, 3.63) is 48.7 Å². The summed E-state index contributed by atoms with van der Waals surface area (Å²) in [5.41, 5.74) is 9.18. The number of phenolic OH excluding ortho intramolecular Hbond substituents is 1. The Morgan fingerprint density at radius 2 is 1.88 bits per heavy atom. The third-order valence-corrected chi connectivity index (χ3v) is 2.88. The molecule has 0 aliphatic heterocycles. The van der Waals surface area contributed by atoms with E-state index in [1.165, 1.54) is 0 Å². The summed E-state index contributed by atoms with van der Waals surface area (Å²) in [5.74, 6) is 0.245. The van der Waals surface area contributed by atoms with Crippen LogP contribution in [0.25, 0.3) is 22.0 Å². The number of aromatic hydroxyl groups is 1. The van der Waals surface area contributed by atoms with E-state index in [0.29, 0.717) is 5.69 Å². The van der Waals surface area contributed by atoms with E-state index < -0.39 is 0 Å². The number of hydrogen-bond acceptors (Lipinski definition) is 2. The molecule has 3 heteroatoms. The van der Waals surface area contributed by atoms with E-state index in [4.69, 9.17) is 5.73 Å². The van der Waals surface area contributed by atoms with Gasteiger partial charge < -0.3 is 15.8 Å². The molecule has 0 bridgehead atoms. The van der Waals surface area contributed by atoms with Gasteiger partial charge in [-0.2, -0.15) is 0 Å². The predicted octanol–water partition coefficient (Wildman–Crippen LogP) is 3.12. The molecule has 0 spiro atoms. The van der Waals surface area contributed by atoms with Crippen molar-refractivity contribution in [2.45, 2.75) is 0 Å². The van der Waals surface area contributed by atoms with Gasteiger partial charge in [-0.3, -0.25) is 0 Å². The van der Waals surface area contributed by atoms with Crippen LogP contribution in [-0.4, -0.2) is 10.1 Å². The third kappa shape index (κ3) is 1.61. The maximum Gasteiger partial charge on any atom is 0.123 e. The maximum absolute atomic E-state index is 9.85. The minimum atomic E-state index is 0.245. The normalized spacial score (nSPS) is 10.8. The summed E-state index contributed by atoms with van der Waals surface area (Å²) >= 11 is 0. The van der Waals surface area contributed by atoms with Crippen molar-refractivity contribution in [2.75, 3.05) is 5.73 Å². The van der Waals surface area contributed by atoms with Gasteiger partial charge >= 0.3 is 0 Å². The minimum Gasteiger partial charge on any atom is -0.507 e. The van der Waals surface area contributed by atoms with E-state index in [1.54, 1.807) is 18.2 Å². The van der Waals surface area contributed by atoms with Gasteiger partial charge in [-0.15, -0.1) is 0 Å². The van der Waals surface area contributed by atoms with Gasteiger partial charge in [0.15, 0.2) is 0 Å². The lowest BCUT2D eigenvalue weighted by molar-refractivity contribution is 0.477. The number of anilines is 1. The summed E-state index contributed by atoms with van der Waals surface area (Å²) in [6.07, 6.45) is 1.90. The number of benzene rings is 2. The highest BCUT2D eigenvalue weighted by molar-refractivity contribution is 5.86. The molecule has 0 aliphatic rings. The van der Waals surface area contributed by atoms with Crippen LogP contribution in [0.3, 0.4) is 0 Å². The molecule has 0 aliphatic carbocycles. The van der Waals surface area contributed by atoms with Crippen LogP contribution in [0.4, 0.5) is 5.69 Å². The van der Waals surface area contributed by atoms with Gasteiger partial charge in [0.05, 0.1) is 0 Å². The fourth-order valence-corrected chi connectivity index (χ4v) is 2.01. The molecule has 3 nitrogen and oxygen atoms in total. The molecular weight excluding hydrogens is 212 g/mol. The first-order valence-corrected chi connectivity index (χ1v) is 5.40. The van der Waals surface area contributed by atoms with Gasteiger partial charge in [-0.05, 0) is 47.3 Å². The number of hydrogen-bond donors (Lipinski definition) is 3. The quantitative estimate of drug-likeness (QED) is 0.439. The Labute approximate surface area is 98.5 Å². The highest BCUT2D eigenvalue weighted by Gasteiger charge is 2.05. The molecule has 0 saturated heterocycles. The summed E-state index contributed by atoms with van der Waals surface area (Å²) in [6, 6.07) is 13.1. The average molecular weight is 224 g/mol. The molecule has 4 N–H and O–H groups in total. The second kappa shape index (κ2) is 3.56. The lowest BCUT2D eigenvalue weighted by Gasteiger charge is -2.06. The lowest BCUT2D eigenvalue weighted by atomic mass is 10.0. The van der Waals surface area contributed by atoms with Crippen LogP contribution in [0.5, 0.6) is 5.75 Å². The number of nitrogens with two attached hydrogens (primary N) is 1. The molecule has 0 atom stereocenters. The van der Waals surface area contributed by atoms with Gasteiger partial charge in [-0.1, -0.05) is 6.07 Å². The number of phenols is 1. The summed E-state index contributed by atoms with van der Waals surface area (Å²) in [5, 5.41) is 11.0. The Morgan fingerprint density at radius 1 is 1.00 bits per heavy atom. The fourth-order valence-electron chi connectivity index (χ4n) is 2.01. The van der Waals surface area contributed by atoms with Crippen LogP contribution >= 0.6 is 0 Å². The van der Waals surface area contributed by atoms with Gasteiger partial charge in [-0.25, -0.2) is 0 Å². The number of nitrogen functional groups attached to an aromatic ring is 1. The molecule has 1 aromatic heterocycles. The van der Waals surface area contributed by atoms with Crippen molar-refractivity contribution in [1.82, 2.24) is 4.98 Å². The van der Waals surface area contributed by atoms with Crippen molar-refractivity contribution in [1.29, 1.82) is 0 Å². The van der Waals surface area contributed by atoms with Gasteiger partial charge in [0.2, 0.25) is 0 Å². The smallest absolute Gasteiger partial charge is 0.123 e. The molecule has 84 valence electrons. The lowest BCUT2D eigenvalue weighted by Crippen LogP contribution is -1.86. The van der Waals surface area contributed by atoms with Gasteiger partial charge in [0.1, 0.15) is 5.75 Å². The summed E-state index contributed by atoms with van der Waals surface area (Å²) in [7, 11) is 0. The van der Waals surface area contributed by atoms with Crippen LogP contribution in [0.15, 0.2) is 48.7 Å². The van der Waals surface area contributed by atoms with Crippen molar-refractivity contribution < 1.29 is 5.11 Å². The Bertz CT molecular complexity index is 686. The number of aromatic nitrogens is 1. The molecule has 2 aromatic carbocycles. The van der Waals surface area contributed by atoms with Crippen molar-refractivity contribution >= 4 is 16.6 Å². The summed E-state index contributed by atoms with van der Waals surface area (Å²) in [4.78, 5) is 3.14. The number of aromatic amines is 1. The van der Waals surface area contributed by atoms with Crippen molar-refractivity contribution in [3.8, 4) is 16.9 Å². The van der Waals surface area contributed by atoms with Crippen LogP contribution in [0, 0.1) is 0 Å². The molecule has 0 unspecified atom stereocenters. The number of nitrogens with one attached hydrogen (secondary N) is 1. The standard InChI is InChI=1S/C14H12N2O/c15-11-2-4-14(17)12(8-11)9-1-3-13-10(7-9)5-6-16-13/h1-8,16-17H,15H2. The summed E-state index contributed by atoms with van der Waals surface area (Å²) in [6.45, 7) is 0. The Morgan fingerprint density at radius 3 is 2.76 bits per heavy atom. The molecule has 0 radical (unpaired) electrons. The fraction of sp³-hybridized carbons (Fsp3) is 0. The minimum absolute atomic E-state index is 0.245. The molecule has 17 heavy (non-hydrogen) atoms. The monoisotopic (exact) mass is 224 g/mol. The molecule has 3 aromatic rings. The zero-order chi connectivity index (χ0) is 11.8. The Balaban J connectivity index is 2.22. The molecule has 3 rings (SSSR count). The van der Waals surface area contributed by atoms with E-state index in [-0.39, 0.29) is 5.75 Å². The van der Waals surface area contributed by atoms with E-state index in [1.807, 2.05) is 30.5 Å². The van der Waals surface area contributed by atoms with Gasteiger partial charge in [0, 0.05) is 23.0 Å². The molecule has 0 saturated carbocycles. The predicted molar refractivity (Wildman–Crippen MR) is 69.8 cm³/mol. The van der Waals surface area contributed by atoms with Crippen LogP contribution in [0.2, 0.25) is 0 Å². The molecule has 1 heterocycles. The number of fused-ring (bicyclic) bond motifs is 1. The van der Waals surface area contributed by atoms with Gasteiger partial charge in [0.25, 0.3) is 0 Å². The number of H-pyrrole nitrogens is 1. The highest BCUT2D eigenvalue weighted by atomic mass is 16.3. The van der Waals surface area contributed by atoms with E-state index in [0.717, 1.165) is 22.0 Å².